The van der Waals surface area contributed by atoms with Gasteiger partial charge in [0.25, 0.3) is 5.91 Å². The molecule has 0 bridgehead atoms. The van der Waals surface area contributed by atoms with Gasteiger partial charge in [-0.05, 0) is 26.8 Å². The third-order valence-electron chi connectivity index (χ3n) is 3.90. The van der Waals surface area contributed by atoms with Crippen molar-refractivity contribution >= 4 is 12.0 Å². The van der Waals surface area contributed by atoms with Crippen molar-refractivity contribution in [3.63, 3.8) is 0 Å². The van der Waals surface area contributed by atoms with E-state index in [-0.39, 0.29) is 19.0 Å². The van der Waals surface area contributed by atoms with E-state index in [4.69, 9.17) is 4.74 Å². The van der Waals surface area contributed by atoms with E-state index in [0.29, 0.717) is 5.69 Å². The van der Waals surface area contributed by atoms with Gasteiger partial charge < -0.3 is 15.2 Å². The van der Waals surface area contributed by atoms with Crippen molar-refractivity contribution in [1.29, 1.82) is 0 Å². The van der Waals surface area contributed by atoms with Crippen LogP contribution in [0.4, 0.5) is 4.79 Å². The van der Waals surface area contributed by atoms with Gasteiger partial charge >= 0.3 is 6.09 Å². The van der Waals surface area contributed by atoms with Gasteiger partial charge in [-0.2, -0.15) is 5.10 Å². The Labute approximate surface area is 122 Å². The van der Waals surface area contributed by atoms with Crippen LogP contribution in [-0.2, 0) is 11.8 Å². The molecular weight excluding hydrogens is 276 g/mol. The predicted octanol–water partition coefficient (Wildman–Crippen LogP) is 0.0892. The largest absolute Gasteiger partial charge is 0.438 e. The van der Waals surface area contributed by atoms with Crippen molar-refractivity contribution in [1.82, 2.24) is 20.0 Å². The first-order chi connectivity index (χ1) is 9.67. The smallest absolute Gasteiger partial charge is 0.412 e. The third-order valence-corrected chi connectivity index (χ3v) is 3.90. The van der Waals surface area contributed by atoms with Crippen LogP contribution in [0.2, 0.25) is 0 Å². The van der Waals surface area contributed by atoms with Crippen LogP contribution >= 0.6 is 0 Å². The molecule has 1 aromatic rings. The summed E-state index contributed by atoms with van der Waals surface area (Å²) in [7, 11) is 1.67. The molecule has 0 aliphatic carbocycles. The van der Waals surface area contributed by atoms with Crippen molar-refractivity contribution in [2.75, 3.05) is 13.1 Å². The minimum absolute atomic E-state index is 0.152. The average molecular weight is 296 g/mol. The molecule has 1 atom stereocenters. The number of nitrogens with one attached hydrogen (secondary N) is 1. The molecule has 2 N–H and O–H groups in total. The molecule has 1 saturated heterocycles. The van der Waals surface area contributed by atoms with Crippen LogP contribution in [0.25, 0.3) is 0 Å². The van der Waals surface area contributed by atoms with Crippen molar-refractivity contribution in [3.8, 4) is 0 Å². The van der Waals surface area contributed by atoms with Gasteiger partial charge in [0.1, 0.15) is 5.69 Å². The molecule has 0 saturated carbocycles. The van der Waals surface area contributed by atoms with Crippen LogP contribution in [0.3, 0.4) is 0 Å². The van der Waals surface area contributed by atoms with E-state index >= 15 is 0 Å². The number of carbonyl (C=O) groups excluding carboxylic acids is 2. The number of nitrogens with zero attached hydrogens (tertiary/aromatic N) is 3. The molecule has 2 rings (SSSR count). The van der Waals surface area contributed by atoms with Gasteiger partial charge in [0.2, 0.25) is 0 Å². The number of carbonyl (C=O) groups is 2. The highest BCUT2D eigenvalue weighted by Crippen LogP contribution is 2.36. The molecule has 1 fully saturated rings. The first kappa shape index (κ1) is 15.3. The highest BCUT2D eigenvalue weighted by Gasteiger charge is 2.56. The Hall–Kier alpha value is -2.09. The number of ether oxygens (including phenoxy) is 1. The second-order valence-electron chi connectivity index (χ2n) is 5.65. The summed E-state index contributed by atoms with van der Waals surface area (Å²) in [6, 6.07) is 1.60. The lowest BCUT2D eigenvalue weighted by Gasteiger charge is -2.34. The molecule has 0 radical (unpaired) electrons. The van der Waals surface area contributed by atoms with Crippen molar-refractivity contribution in [2.24, 2.45) is 7.05 Å². The van der Waals surface area contributed by atoms with Crippen LogP contribution in [0.15, 0.2) is 12.3 Å². The first-order valence-electron chi connectivity index (χ1n) is 6.66. The maximum Gasteiger partial charge on any atom is 0.412 e. The molecule has 2 amide bonds. The van der Waals surface area contributed by atoms with Gasteiger partial charge in [0.05, 0.1) is 0 Å². The fourth-order valence-corrected chi connectivity index (χ4v) is 2.15. The summed E-state index contributed by atoms with van der Waals surface area (Å²) in [6.45, 7) is 5.14. The van der Waals surface area contributed by atoms with Crippen LogP contribution in [0.1, 0.15) is 31.3 Å². The molecule has 0 spiro atoms. The second-order valence-corrected chi connectivity index (χ2v) is 5.65. The average Bonchev–Trinajstić information content (AvgIpc) is 2.84. The fourth-order valence-electron chi connectivity index (χ4n) is 2.15. The topological polar surface area (TPSA) is 96.7 Å². The number of cyclic esters (lactones) is 1. The van der Waals surface area contributed by atoms with E-state index in [2.05, 4.69) is 10.4 Å². The molecule has 1 aliphatic rings. The summed E-state index contributed by atoms with van der Waals surface area (Å²) in [4.78, 5) is 24.9. The lowest BCUT2D eigenvalue weighted by atomic mass is 9.96. The molecule has 21 heavy (non-hydrogen) atoms. The molecule has 1 aliphatic heterocycles. The van der Waals surface area contributed by atoms with E-state index in [1.54, 1.807) is 27.0 Å². The number of aliphatic hydroxyl groups is 1. The normalized spacial score (nSPS) is 24.0. The van der Waals surface area contributed by atoms with Crippen LogP contribution in [0.5, 0.6) is 0 Å². The number of hydrogen-bond donors (Lipinski definition) is 2. The van der Waals surface area contributed by atoms with Crippen molar-refractivity contribution < 1.29 is 19.4 Å². The number of rotatable bonds is 4. The van der Waals surface area contributed by atoms with Gasteiger partial charge in [-0.1, -0.05) is 0 Å². The SMILES string of the molecule is Cn1nccc1C(=O)NCCN1C(=O)OC(C)(C)[C@]1(C)O. The molecule has 2 heterocycles. The van der Waals surface area contributed by atoms with Crippen LogP contribution < -0.4 is 5.32 Å². The Balaban J connectivity index is 1.94. The molecule has 8 nitrogen and oxygen atoms in total. The Morgan fingerprint density at radius 3 is 2.62 bits per heavy atom. The standard InChI is InChI=1S/C13H20N4O4/c1-12(2)13(3,20)17(11(19)21-12)8-7-14-10(18)9-5-6-15-16(9)4/h5-6,20H,7-8H2,1-4H3,(H,14,18)/t13-/m0/s1. The molecule has 8 heteroatoms. The number of aryl methyl sites for hydroxylation is 1. The van der Waals surface area contributed by atoms with Gasteiger partial charge in [-0.3, -0.25) is 14.4 Å². The maximum absolute atomic E-state index is 11.9. The Kier molecular flexibility index (Phi) is 3.66. The minimum atomic E-state index is -1.43. The molecule has 0 aromatic carbocycles. The van der Waals surface area contributed by atoms with Gasteiger partial charge in [0.15, 0.2) is 11.3 Å². The Bertz CT molecular complexity index is 564. The van der Waals surface area contributed by atoms with E-state index in [0.717, 1.165) is 0 Å². The molecule has 1 aromatic heterocycles. The Morgan fingerprint density at radius 2 is 2.14 bits per heavy atom. The monoisotopic (exact) mass is 296 g/mol. The lowest BCUT2D eigenvalue weighted by Crippen LogP contribution is -2.55. The summed E-state index contributed by atoms with van der Waals surface area (Å²) >= 11 is 0. The highest BCUT2D eigenvalue weighted by atomic mass is 16.6. The zero-order valence-electron chi connectivity index (χ0n) is 12.6. The number of aromatic nitrogens is 2. The summed E-state index contributed by atoms with van der Waals surface area (Å²) in [5, 5.41) is 17.0. The van der Waals surface area contributed by atoms with E-state index in [1.807, 2.05) is 0 Å². The van der Waals surface area contributed by atoms with Gasteiger partial charge in [-0.15, -0.1) is 0 Å². The number of hydrogen-bond acceptors (Lipinski definition) is 5. The fraction of sp³-hybridized carbons (Fsp3) is 0.615. The van der Waals surface area contributed by atoms with Crippen molar-refractivity contribution in [3.05, 3.63) is 18.0 Å². The van der Waals surface area contributed by atoms with Gasteiger partial charge in [0, 0.05) is 26.3 Å². The van der Waals surface area contributed by atoms with Gasteiger partial charge in [-0.25, -0.2) is 4.79 Å². The first-order valence-corrected chi connectivity index (χ1v) is 6.66. The van der Waals surface area contributed by atoms with E-state index in [9.17, 15) is 14.7 Å². The zero-order chi connectivity index (χ0) is 15.8. The van der Waals surface area contributed by atoms with Crippen molar-refractivity contribution in [2.45, 2.75) is 32.1 Å². The van der Waals surface area contributed by atoms with E-state index < -0.39 is 17.4 Å². The lowest BCUT2D eigenvalue weighted by molar-refractivity contribution is -0.126. The zero-order valence-corrected chi connectivity index (χ0v) is 12.6. The third kappa shape index (κ3) is 2.58. The quantitative estimate of drug-likeness (QED) is 0.820. The van der Waals surface area contributed by atoms with E-state index in [1.165, 1.54) is 22.7 Å². The maximum atomic E-state index is 11.9. The highest BCUT2D eigenvalue weighted by molar-refractivity contribution is 5.92. The Morgan fingerprint density at radius 1 is 1.48 bits per heavy atom. The predicted molar refractivity (Wildman–Crippen MR) is 73.4 cm³/mol. The summed E-state index contributed by atoms with van der Waals surface area (Å²) in [5.74, 6) is -0.290. The second kappa shape index (κ2) is 5.03. The van der Waals surface area contributed by atoms with Crippen LogP contribution in [-0.4, -0.2) is 56.2 Å². The summed E-state index contributed by atoms with van der Waals surface area (Å²) < 4.78 is 6.59. The number of amides is 2. The summed E-state index contributed by atoms with van der Waals surface area (Å²) in [5.41, 5.74) is -2.01. The molecule has 116 valence electrons. The van der Waals surface area contributed by atoms with Crippen LogP contribution in [0, 0.1) is 0 Å². The minimum Gasteiger partial charge on any atom is -0.438 e. The molecule has 0 unspecified atom stereocenters. The molecular formula is C13H20N4O4. The summed E-state index contributed by atoms with van der Waals surface area (Å²) in [6.07, 6.45) is 0.930.